The van der Waals surface area contributed by atoms with Crippen LogP contribution in [0, 0.1) is 6.92 Å². The first-order valence-corrected chi connectivity index (χ1v) is 6.89. The fourth-order valence-corrected chi connectivity index (χ4v) is 2.80. The fourth-order valence-electron chi connectivity index (χ4n) is 2.02. The van der Waals surface area contributed by atoms with Crippen molar-refractivity contribution in [1.29, 1.82) is 0 Å². The van der Waals surface area contributed by atoms with Crippen LogP contribution in [0.3, 0.4) is 0 Å². The van der Waals surface area contributed by atoms with Gasteiger partial charge < -0.3 is 9.57 Å². The van der Waals surface area contributed by atoms with Crippen molar-refractivity contribution in [3.8, 4) is 5.75 Å². The van der Waals surface area contributed by atoms with E-state index in [2.05, 4.69) is 4.98 Å². The molecule has 0 spiro atoms. The number of thiazole rings is 1. The van der Waals surface area contributed by atoms with Crippen molar-refractivity contribution < 1.29 is 9.57 Å². The third kappa shape index (κ3) is 3.11. The first kappa shape index (κ1) is 15.2. The monoisotopic (exact) mass is 313 g/mol. The third-order valence-electron chi connectivity index (χ3n) is 2.91. The van der Waals surface area contributed by atoms with Crippen molar-refractivity contribution in [1.82, 2.24) is 10.2 Å². The average Bonchev–Trinajstić information content (AvgIpc) is 2.94. The number of hydrazine groups is 1. The van der Waals surface area contributed by atoms with Crippen LogP contribution in [0.4, 0.5) is 0 Å². The zero-order valence-corrected chi connectivity index (χ0v) is 12.6. The van der Waals surface area contributed by atoms with Crippen LogP contribution in [0.5, 0.6) is 5.75 Å². The molecule has 1 aromatic heterocycles. The summed E-state index contributed by atoms with van der Waals surface area (Å²) in [4.78, 5) is 10.8. The zero-order chi connectivity index (χ0) is 13.2. The van der Waals surface area contributed by atoms with Crippen molar-refractivity contribution in [2.75, 3.05) is 6.61 Å². The minimum atomic E-state index is -0.342. The molecule has 2 heterocycles. The second kappa shape index (κ2) is 6.51. The molecular formula is C13H16ClN3O2S. The number of hydrogen-bond acceptors (Lipinski definition) is 6. The van der Waals surface area contributed by atoms with Crippen LogP contribution in [-0.2, 0) is 11.2 Å². The minimum Gasteiger partial charge on any atom is -0.388 e. The van der Waals surface area contributed by atoms with Crippen LogP contribution in [0.1, 0.15) is 21.7 Å². The Kier molecular flexibility index (Phi) is 4.95. The molecule has 0 amide bonds. The van der Waals surface area contributed by atoms with Gasteiger partial charge in [0.25, 0.3) is 0 Å². The van der Waals surface area contributed by atoms with E-state index in [4.69, 9.17) is 15.4 Å². The molecule has 0 aliphatic carbocycles. The smallest absolute Gasteiger partial charge is 0.188 e. The molecule has 1 atom stereocenters. The Balaban J connectivity index is 0.00000147. The Morgan fingerprint density at radius 2 is 2.25 bits per heavy atom. The SMILES string of the molecule is Cc1ncc(CCOC2c3ccccc3ON2N)s1.Cl. The number of benzene rings is 1. The maximum atomic E-state index is 5.81. The molecule has 0 bridgehead atoms. The van der Waals surface area contributed by atoms with E-state index in [1.807, 2.05) is 37.4 Å². The van der Waals surface area contributed by atoms with Gasteiger partial charge >= 0.3 is 0 Å². The molecule has 2 aromatic rings. The second-order valence-corrected chi connectivity index (χ2v) is 5.63. The van der Waals surface area contributed by atoms with E-state index < -0.39 is 0 Å². The lowest BCUT2D eigenvalue weighted by Gasteiger charge is -2.17. The molecular weight excluding hydrogens is 298 g/mol. The molecule has 3 rings (SSSR count). The summed E-state index contributed by atoms with van der Waals surface area (Å²) in [6, 6.07) is 7.70. The molecule has 0 saturated carbocycles. The highest BCUT2D eigenvalue weighted by molar-refractivity contribution is 7.11. The summed E-state index contributed by atoms with van der Waals surface area (Å²) in [5.41, 5.74) is 0.963. The molecule has 2 N–H and O–H groups in total. The highest BCUT2D eigenvalue weighted by Crippen LogP contribution is 2.35. The number of halogens is 1. The summed E-state index contributed by atoms with van der Waals surface area (Å²) >= 11 is 1.69. The van der Waals surface area contributed by atoms with E-state index >= 15 is 0 Å². The topological polar surface area (TPSA) is 60.6 Å². The summed E-state index contributed by atoms with van der Waals surface area (Å²) in [6.45, 7) is 2.58. The van der Waals surface area contributed by atoms with Crippen LogP contribution in [-0.4, -0.2) is 16.8 Å². The zero-order valence-electron chi connectivity index (χ0n) is 11.0. The van der Waals surface area contributed by atoms with Crippen LogP contribution >= 0.6 is 23.7 Å². The number of aryl methyl sites for hydroxylation is 1. The minimum absolute atomic E-state index is 0. The van der Waals surface area contributed by atoms with Gasteiger partial charge in [-0.1, -0.05) is 18.2 Å². The van der Waals surface area contributed by atoms with Crippen LogP contribution in [0.25, 0.3) is 0 Å². The Bertz CT molecular complexity index is 578. The van der Waals surface area contributed by atoms with Gasteiger partial charge in [-0.05, 0) is 18.2 Å². The Labute approximate surface area is 127 Å². The van der Waals surface area contributed by atoms with Gasteiger partial charge in [0.05, 0.1) is 11.6 Å². The molecule has 108 valence electrons. The van der Waals surface area contributed by atoms with Crippen molar-refractivity contribution in [3.05, 3.63) is 45.9 Å². The number of rotatable bonds is 4. The normalized spacial score (nSPS) is 17.4. The van der Waals surface area contributed by atoms with Crippen LogP contribution < -0.4 is 10.7 Å². The predicted octanol–water partition coefficient (Wildman–Crippen LogP) is 2.61. The number of nitrogens with two attached hydrogens (primary N) is 1. The lowest BCUT2D eigenvalue weighted by molar-refractivity contribution is -0.176. The molecule has 0 fully saturated rings. The van der Waals surface area contributed by atoms with Gasteiger partial charge in [0.15, 0.2) is 12.0 Å². The summed E-state index contributed by atoms with van der Waals surface area (Å²) in [7, 11) is 0. The number of para-hydroxylation sites is 1. The Hall–Kier alpha value is -1.18. The van der Waals surface area contributed by atoms with Gasteiger partial charge in [0, 0.05) is 23.1 Å². The molecule has 7 heteroatoms. The first-order valence-electron chi connectivity index (χ1n) is 6.08. The van der Waals surface area contributed by atoms with Gasteiger partial charge in [-0.2, -0.15) is 0 Å². The molecule has 1 aliphatic rings. The van der Waals surface area contributed by atoms with E-state index in [0.29, 0.717) is 6.61 Å². The lowest BCUT2D eigenvalue weighted by Crippen LogP contribution is -2.34. The fraction of sp³-hybridized carbons (Fsp3) is 0.308. The lowest BCUT2D eigenvalue weighted by atomic mass is 10.2. The summed E-state index contributed by atoms with van der Waals surface area (Å²) in [5.74, 6) is 6.54. The van der Waals surface area contributed by atoms with Crippen LogP contribution in [0.2, 0.25) is 0 Å². The second-order valence-electron chi connectivity index (χ2n) is 4.31. The van der Waals surface area contributed by atoms with E-state index in [1.54, 1.807) is 11.3 Å². The number of ether oxygens (including phenoxy) is 1. The van der Waals surface area contributed by atoms with Gasteiger partial charge in [0.2, 0.25) is 0 Å². The number of hydrogen-bond donors (Lipinski definition) is 1. The van der Waals surface area contributed by atoms with E-state index in [0.717, 1.165) is 22.7 Å². The molecule has 0 radical (unpaired) electrons. The maximum absolute atomic E-state index is 5.81. The van der Waals surface area contributed by atoms with Gasteiger partial charge in [0.1, 0.15) is 0 Å². The molecule has 5 nitrogen and oxygen atoms in total. The third-order valence-corrected chi connectivity index (χ3v) is 3.89. The van der Waals surface area contributed by atoms with E-state index in [-0.39, 0.29) is 18.6 Å². The summed E-state index contributed by atoms with van der Waals surface area (Å²) < 4.78 is 5.81. The number of fused-ring (bicyclic) bond motifs is 1. The van der Waals surface area contributed by atoms with E-state index in [1.165, 1.54) is 10.0 Å². The van der Waals surface area contributed by atoms with Gasteiger partial charge in [-0.3, -0.25) is 0 Å². The average molecular weight is 314 g/mol. The highest BCUT2D eigenvalue weighted by Gasteiger charge is 2.30. The van der Waals surface area contributed by atoms with Gasteiger partial charge in [-0.15, -0.1) is 23.7 Å². The number of nitrogens with zero attached hydrogens (tertiary/aromatic N) is 2. The van der Waals surface area contributed by atoms with Crippen LogP contribution in [0.15, 0.2) is 30.5 Å². The van der Waals surface area contributed by atoms with Gasteiger partial charge in [-0.25, -0.2) is 10.8 Å². The quantitative estimate of drug-likeness (QED) is 0.879. The molecule has 20 heavy (non-hydrogen) atoms. The number of hydroxylamine groups is 1. The number of aromatic nitrogens is 1. The first-order chi connectivity index (χ1) is 9.24. The van der Waals surface area contributed by atoms with E-state index in [9.17, 15) is 0 Å². The highest BCUT2D eigenvalue weighted by atomic mass is 35.5. The van der Waals surface area contributed by atoms with Crippen molar-refractivity contribution in [2.24, 2.45) is 5.84 Å². The largest absolute Gasteiger partial charge is 0.388 e. The molecule has 1 unspecified atom stereocenters. The Morgan fingerprint density at radius 1 is 1.45 bits per heavy atom. The maximum Gasteiger partial charge on any atom is 0.188 e. The molecule has 1 aliphatic heterocycles. The summed E-state index contributed by atoms with van der Waals surface area (Å²) in [5, 5.41) is 2.33. The van der Waals surface area contributed by atoms with Crippen molar-refractivity contribution in [3.63, 3.8) is 0 Å². The Morgan fingerprint density at radius 3 is 3.00 bits per heavy atom. The standard InChI is InChI=1S/C13H15N3O2S.ClH/c1-9-15-8-10(19-9)6-7-17-13-11-4-2-3-5-12(11)18-16(13)14;/h2-5,8,13H,6-7,14H2,1H3;1H. The van der Waals surface area contributed by atoms with Crippen molar-refractivity contribution >= 4 is 23.7 Å². The predicted molar refractivity (Wildman–Crippen MR) is 79.6 cm³/mol. The molecule has 0 saturated heterocycles. The molecule has 1 aromatic carbocycles. The summed E-state index contributed by atoms with van der Waals surface area (Å²) in [6.07, 6.45) is 2.38. The van der Waals surface area contributed by atoms with Crippen molar-refractivity contribution in [2.45, 2.75) is 19.6 Å².